The molecule has 150 valence electrons. The number of nitrogens with two attached hydrogens (primary N) is 1. The van der Waals surface area contributed by atoms with E-state index < -0.39 is 0 Å². The normalized spacial score (nSPS) is 16.6. The highest BCUT2D eigenvalue weighted by Crippen LogP contribution is 2.26. The van der Waals surface area contributed by atoms with Crippen LogP contribution in [-0.2, 0) is 16.0 Å². The zero-order chi connectivity index (χ0) is 20.2. The van der Waals surface area contributed by atoms with Gasteiger partial charge in [-0.05, 0) is 23.8 Å². The number of anilines is 1. The Morgan fingerprint density at radius 3 is 2.93 bits per heavy atom. The molecule has 1 atom stereocenters. The quantitative estimate of drug-likeness (QED) is 0.687. The second-order valence-corrected chi connectivity index (χ2v) is 7.71. The van der Waals surface area contributed by atoms with Gasteiger partial charge in [-0.2, -0.15) is 0 Å². The van der Waals surface area contributed by atoms with Crippen LogP contribution < -0.4 is 10.5 Å². The summed E-state index contributed by atoms with van der Waals surface area (Å²) in [4.78, 5) is 18.9. The van der Waals surface area contributed by atoms with E-state index in [9.17, 15) is 4.79 Å². The van der Waals surface area contributed by atoms with E-state index in [2.05, 4.69) is 15.2 Å². The van der Waals surface area contributed by atoms with Crippen LogP contribution in [0.25, 0.3) is 11.1 Å². The summed E-state index contributed by atoms with van der Waals surface area (Å²) in [6.07, 6.45) is 1.76. The first-order valence-electron chi connectivity index (χ1n) is 9.20. The number of pyridine rings is 1. The smallest absolute Gasteiger partial charge is 0.229 e. The largest absolute Gasteiger partial charge is 0.497 e. The third kappa shape index (κ3) is 4.52. The number of hydrogen-bond donors (Lipinski definition) is 1. The molecule has 3 aromatic rings. The van der Waals surface area contributed by atoms with Gasteiger partial charge in [0.2, 0.25) is 11.0 Å². The number of methoxy groups -OCH3 is 1. The van der Waals surface area contributed by atoms with Gasteiger partial charge < -0.3 is 20.1 Å². The highest BCUT2D eigenvalue weighted by molar-refractivity contribution is 7.15. The molecule has 0 bridgehead atoms. The van der Waals surface area contributed by atoms with Gasteiger partial charge in [0.25, 0.3) is 0 Å². The summed E-state index contributed by atoms with van der Waals surface area (Å²) >= 11 is 1.23. The second-order valence-electron chi connectivity index (χ2n) is 6.61. The topological polar surface area (TPSA) is 103 Å². The maximum atomic E-state index is 12.6. The number of rotatable bonds is 5. The molecule has 1 saturated heterocycles. The van der Waals surface area contributed by atoms with E-state index in [4.69, 9.17) is 15.2 Å². The first-order chi connectivity index (χ1) is 14.1. The number of nitrogen functional groups attached to an aromatic ring is 1. The molecule has 0 radical (unpaired) electrons. The molecule has 4 rings (SSSR count). The molecule has 8 nitrogen and oxygen atoms in total. The molecule has 3 heterocycles. The maximum Gasteiger partial charge on any atom is 0.229 e. The second kappa shape index (κ2) is 8.54. The SMILES string of the molecule is COc1cccc(-c2ccc([C@H]3CN(C(=O)Cc4nnc(N)s4)CCO3)nc2)c1. The molecular formula is C20H21N5O3S. The fraction of sp³-hybridized carbons (Fsp3) is 0.300. The minimum absolute atomic E-state index is 0.0116. The fourth-order valence-electron chi connectivity index (χ4n) is 3.20. The number of aromatic nitrogens is 3. The van der Waals surface area contributed by atoms with Gasteiger partial charge in [-0.3, -0.25) is 9.78 Å². The van der Waals surface area contributed by atoms with E-state index in [0.717, 1.165) is 22.6 Å². The Bertz CT molecular complexity index is 992. The number of amides is 1. The standard InChI is InChI=1S/C20H21N5O3S/c1-27-15-4-2-3-13(9-15)14-5-6-16(22-11-14)17-12-25(7-8-28-17)19(26)10-18-23-24-20(21)29-18/h2-6,9,11,17H,7-8,10,12H2,1H3,(H2,21,24)/t17-/m1/s1. The number of carbonyl (C=O) groups excluding carboxylic acids is 1. The number of ether oxygens (including phenoxy) is 2. The Hall–Kier alpha value is -3.04. The van der Waals surface area contributed by atoms with Crippen molar-refractivity contribution in [3.05, 3.63) is 53.3 Å². The Labute approximate surface area is 172 Å². The van der Waals surface area contributed by atoms with Gasteiger partial charge in [0.15, 0.2) is 0 Å². The lowest BCUT2D eigenvalue weighted by Gasteiger charge is -2.32. The summed E-state index contributed by atoms with van der Waals surface area (Å²) in [6.45, 7) is 1.47. The molecule has 1 fully saturated rings. The van der Waals surface area contributed by atoms with Gasteiger partial charge in [0.05, 0.1) is 32.4 Å². The Morgan fingerprint density at radius 2 is 2.21 bits per heavy atom. The van der Waals surface area contributed by atoms with Gasteiger partial charge in [-0.15, -0.1) is 10.2 Å². The van der Waals surface area contributed by atoms with Crippen molar-refractivity contribution in [2.45, 2.75) is 12.5 Å². The molecular weight excluding hydrogens is 390 g/mol. The van der Waals surface area contributed by atoms with E-state index in [1.165, 1.54) is 11.3 Å². The summed E-state index contributed by atoms with van der Waals surface area (Å²) in [7, 11) is 1.65. The molecule has 0 aliphatic carbocycles. The van der Waals surface area contributed by atoms with Crippen LogP contribution in [0, 0.1) is 0 Å². The number of morpholine rings is 1. The van der Waals surface area contributed by atoms with E-state index >= 15 is 0 Å². The Balaban J connectivity index is 1.43. The fourth-order valence-corrected chi connectivity index (χ4v) is 3.80. The molecule has 1 aromatic carbocycles. The maximum absolute atomic E-state index is 12.6. The van der Waals surface area contributed by atoms with Crippen molar-refractivity contribution in [3.63, 3.8) is 0 Å². The van der Waals surface area contributed by atoms with Crippen LogP contribution in [-0.4, -0.2) is 52.8 Å². The molecule has 0 saturated carbocycles. The van der Waals surface area contributed by atoms with Gasteiger partial charge in [0, 0.05) is 18.3 Å². The summed E-state index contributed by atoms with van der Waals surface area (Å²) in [6, 6.07) is 11.8. The van der Waals surface area contributed by atoms with E-state index in [1.54, 1.807) is 12.0 Å². The van der Waals surface area contributed by atoms with Crippen LogP contribution in [0.15, 0.2) is 42.6 Å². The third-order valence-corrected chi connectivity index (χ3v) is 5.48. The van der Waals surface area contributed by atoms with Crippen molar-refractivity contribution in [1.82, 2.24) is 20.1 Å². The Kier molecular flexibility index (Phi) is 5.68. The van der Waals surface area contributed by atoms with Gasteiger partial charge in [-0.1, -0.05) is 29.5 Å². The predicted molar refractivity (Wildman–Crippen MR) is 110 cm³/mol. The molecule has 9 heteroatoms. The molecule has 2 N–H and O–H groups in total. The van der Waals surface area contributed by atoms with Gasteiger partial charge in [0.1, 0.15) is 16.9 Å². The number of nitrogens with zero attached hydrogens (tertiary/aromatic N) is 4. The molecule has 2 aromatic heterocycles. The van der Waals surface area contributed by atoms with Crippen molar-refractivity contribution in [2.24, 2.45) is 0 Å². The first kappa shape index (κ1) is 19.3. The van der Waals surface area contributed by atoms with Crippen molar-refractivity contribution in [2.75, 3.05) is 32.5 Å². The average molecular weight is 411 g/mol. The lowest BCUT2D eigenvalue weighted by Crippen LogP contribution is -2.43. The van der Waals surface area contributed by atoms with Crippen LogP contribution >= 0.6 is 11.3 Å². The summed E-state index contributed by atoms with van der Waals surface area (Å²) < 4.78 is 11.1. The van der Waals surface area contributed by atoms with E-state index in [0.29, 0.717) is 29.8 Å². The van der Waals surface area contributed by atoms with Crippen LogP contribution in [0.4, 0.5) is 5.13 Å². The molecule has 29 heavy (non-hydrogen) atoms. The number of carbonyl (C=O) groups is 1. The molecule has 0 unspecified atom stereocenters. The lowest BCUT2D eigenvalue weighted by atomic mass is 10.1. The minimum Gasteiger partial charge on any atom is -0.497 e. The Morgan fingerprint density at radius 1 is 1.31 bits per heavy atom. The van der Waals surface area contributed by atoms with Crippen molar-refractivity contribution >= 4 is 22.4 Å². The van der Waals surface area contributed by atoms with Crippen molar-refractivity contribution < 1.29 is 14.3 Å². The monoisotopic (exact) mass is 411 g/mol. The van der Waals surface area contributed by atoms with Crippen LogP contribution in [0.1, 0.15) is 16.8 Å². The lowest BCUT2D eigenvalue weighted by molar-refractivity contribution is -0.138. The average Bonchev–Trinajstić information content (AvgIpc) is 3.18. The highest BCUT2D eigenvalue weighted by Gasteiger charge is 2.27. The van der Waals surface area contributed by atoms with Gasteiger partial charge in [-0.25, -0.2) is 0 Å². The zero-order valence-electron chi connectivity index (χ0n) is 15.9. The number of benzene rings is 1. The first-order valence-corrected chi connectivity index (χ1v) is 10.0. The van der Waals surface area contributed by atoms with Crippen LogP contribution in [0.2, 0.25) is 0 Å². The van der Waals surface area contributed by atoms with Crippen molar-refractivity contribution in [1.29, 1.82) is 0 Å². The molecule has 1 aliphatic rings. The van der Waals surface area contributed by atoms with Gasteiger partial charge >= 0.3 is 0 Å². The minimum atomic E-state index is -0.258. The third-order valence-electron chi connectivity index (χ3n) is 4.72. The summed E-state index contributed by atoms with van der Waals surface area (Å²) in [5.74, 6) is 0.788. The van der Waals surface area contributed by atoms with E-state index in [-0.39, 0.29) is 18.4 Å². The van der Waals surface area contributed by atoms with Crippen LogP contribution in [0.5, 0.6) is 5.75 Å². The molecule has 0 spiro atoms. The summed E-state index contributed by atoms with van der Waals surface area (Å²) in [5, 5.41) is 8.67. The number of hydrogen-bond acceptors (Lipinski definition) is 8. The van der Waals surface area contributed by atoms with Crippen LogP contribution in [0.3, 0.4) is 0 Å². The highest BCUT2D eigenvalue weighted by atomic mass is 32.1. The van der Waals surface area contributed by atoms with Crippen molar-refractivity contribution in [3.8, 4) is 16.9 Å². The molecule has 1 amide bonds. The summed E-state index contributed by atoms with van der Waals surface area (Å²) in [5.41, 5.74) is 8.41. The van der Waals surface area contributed by atoms with E-state index in [1.807, 2.05) is 42.6 Å². The zero-order valence-corrected chi connectivity index (χ0v) is 16.8. The predicted octanol–water partition coefficient (Wildman–Crippen LogP) is 2.33. The molecule has 1 aliphatic heterocycles.